The Labute approximate surface area is 69.6 Å². The minimum absolute atomic E-state index is 0.257. The van der Waals surface area contributed by atoms with Crippen LogP contribution in [0, 0.1) is 0 Å². The van der Waals surface area contributed by atoms with Crippen LogP contribution in [0.3, 0.4) is 0 Å². The van der Waals surface area contributed by atoms with Crippen LogP contribution in [0.4, 0.5) is 0 Å². The van der Waals surface area contributed by atoms with Crippen LogP contribution in [0.2, 0.25) is 0 Å². The van der Waals surface area contributed by atoms with Crippen molar-refractivity contribution >= 4 is 0 Å². The van der Waals surface area contributed by atoms with Crippen molar-refractivity contribution in [1.82, 2.24) is 5.32 Å². The Bertz CT molecular complexity index is 99.7. The lowest BCUT2D eigenvalue weighted by Gasteiger charge is -2.22. The second-order valence-corrected chi connectivity index (χ2v) is 2.50. The number of nitrogens with one attached hydrogen (secondary N) is 1. The Morgan fingerprint density at radius 1 is 1.55 bits per heavy atom. The van der Waals surface area contributed by atoms with Gasteiger partial charge >= 0.3 is 0 Å². The highest BCUT2D eigenvalue weighted by molar-refractivity contribution is 4.91. The monoisotopic (exact) mass is 157 g/mol. The summed E-state index contributed by atoms with van der Waals surface area (Å²) in [5.41, 5.74) is 0. The van der Waals surface area contributed by atoms with E-state index in [1.54, 1.807) is 7.11 Å². The number of ether oxygens (including phenoxy) is 1. The zero-order valence-corrected chi connectivity index (χ0v) is 7.76. The summed E-state index contributed by atoms with van der Waals surface area (Å²) < 4.78 is 5.27. The number of hydrogen-bond donors (Lipinski definition) is 1. The Morgan fingerprint density at radius 2 is 2.18 bits per heavy atom. The molecular formula is C9H19NO. The topological polar surface area (TPSA) is 21.3 Å². The molecule has 0 aromatic rings. The first-order valence-electron chi connectivity index (χ1n) is 4.18. The molecule has 2 nitrogen and oxygen atoms in total. The highest BCUT2D eigenvalue weighted by Gasteiger charge is 2.13. The lowest BCUT2D eigenvalue weighted by atomic mass is 10.1. The summed E-state index contributed by atoms with van der Waals surface area (Å²) in [6.45, 7) is 8.90. The van der Waals surface area contributed by atoms with Gasteiger partial charge in [-0.1, -0.05) is 19.9 Å². The molecule has 66 valence electrons. The van der Waals surface area contributed by atoms with Gasteiger partial charge in [0.25, 0.3) is 0 Å². The molecule has 11 heavy (non-hydrogen) atoms. The number of methoxy groups -OCH3 is 1. The zero-order valence-electron chi connectivity index (χ0n) is 7.76. The molecule has 0 saturated heterocycles. The van der Waals surface area contributed by atoms with Gasteiger partial charge in [0.1, 0.15) is 0 Å². The van der Waals surface area contributed by atoms with Gasteiger partial charge in [-0.05, 0) is 13.0 Å². The van der Waals surface area contributed by atoms with Gasteiger partial charge in [0.05, 0.1) is 12.1 Å². The molecule has 1 N–H and O–H groups in total. The van der Waals surface area contributed by atoms with E-state index in [1.165, 1.54) is 0 Å². The summed E-state index contributed by atoms with van der Waals surface area (Å²) in [6, 6.07) is 0.287. The van der Waals surface area contributed by atoms with E-state index in [9.17, 15) is 0 Å². The van der Waals surface area contributed by atoms with Crippen LogP contribution in [0.1, 0.15) is 20.3 Å². The van der Waals surface area contributed by atoms with Crippen molar-refractivity contribution in [2.75, 3.05) is 13.7 Å². The molecule has 0 aliphatic heterocycles. The molecule has 0 saturated carbocycles. The lowest BCUT2D eigenvalue weighted by molar-refractivity contribution is 0.0795. The SMILES string of the molecule is C=CC(NCC)C(CC)OC. The van der Waals surface area contributed by atoms with Crippen LogP contribution in [-0.2, 0) is 4.74 Å². The van der Waals surface area contributed by atoms with Crippen LogP contribution in [0.5, 0.6) is 0 Å². The molecule has 0 aromatic carbocycles. The van der Waals surface area contributed by atoms with E-state index in [-0.39, 0.29) is 12.1 Å². The number of rotatable bonds is 6. The van der Waals surface area contributed by atoms with Gasteiger partial charge in [-0.25, -0.2) is 0 Å². The maximum absolute atomic E-state index is 5.27. The molecule has 2 heteroatoms. The van der Waals surface area contributed by atoms with Crippen molar-refractivity contribution in [1.29, 1.82) is 0 Å². The molecule has 0 amide bonds. The van der Waals surface area contributed by atoms with E-state index in [4.69, 9.17) is 4.74 Å². The van der Waals surface area contributed by atoms with Crippen LogP contribution < -0.4 is 5.32 Å². The van der Waals surface area contributed by atoms with Gasteiger partial charge in [0.2, 0.25) is 0 Å². The molecule has 2 unspecified atom stereocenters. The van der Waals surface area contributed by atoms with Gasteiger partial charge in [0.15, 0.2) is 0 Å². The molecule has 0 heterocycles. The molecule has 0 bridgehead atoms. The van der Waals surface area contributed by atoms with Crippen molar-refractivity contribution in [2.45, 2.75) is 32.4 Å². The maximum Gasteiger partial charge on any atom is 0.0757 e. The highest BCUT2D eigenvalue weighted by atomic mass is 16.5. The predicted molar refractivity (Wildman–Crippen MR) is 48.7 cm³/mol. The average molecular weight is 157 g/mol. The van der Waals surface area contributed by atoms with Crippen LogP contribution in [0.25, 0.3) is 0 Å². The van der Waals surface area contributed by atoms with Crippen LogP contribution in [0.15, 0.2) is 12.7 Å². The normalized spacial score (nSPS) is 15.9. The minimum Gasteiger partial charge on any atom is -0.380 e. The van der Waals surface area contributed by atoms with Gasteiger partial charge in [-0.2, -0.15) is 0 Å². The number of likely N-dealkylation sites (N-methyl/N-ethyl adjacent to an activating group) is 1. The predicted octanol–water partition coefficient (Wildman–Crippen LogP) is 1.58. The summed E-state index contributed by atoms with van der Waals surface area (Å²) in [5.74, 6) is 0. The number of hydrogen-bond acceptors (Lipinski definition) is 2. The zero-order chi connectivity index (χ0) is 8.69. The molecule has 0 aliphatic rings. The van der Waals surface area contributed by atoms with E-state index in [0.717, 1.165) is 13.0 Å². The second-order valence-electron chi connectivity index (χ2n) is 2.50. The second kappa shape index (κ2) is 6.38. The van der Waals surface area contributed by atoms with Crippen molar-refractivity contribution in [2.24, 2.45) is 0 Å². The van der Waals surface area contributed by atoms with E-state index >= 15 is 0 Å². The molecule has 0 radical (unpaired) electrons. The van der Waals surface area contributed by atoms with Gasteiger partial charge in [0, 0.05) is 7.11 Å². The first-order chi connectivity index (χ1) is 5.29. The third-order valence-electron chi connectivity index (χ3n) is 1.80. The minimum atomic E-state index is 0.257. The third kappa shape index (κ3) is 3.54. The largest absolute Gasteiger partial charge is 0.380 e. The highest BCUT2D eigenvalue weighted by Crippen LogP contribution is 2.03. The molecular weight excluding hydrogens is 138 g/mol. The van der Waals surface area contributed by atoms with Crippen LogP contribution in [-0.4, -0.2) is 25.8 Å². The summed E-state index contributed by atoms with van der Waals surface area (Å²) >= 11 is 0. The molecule has 0 aromatic heterocycles. The third-order valence-corrected chi connectivity index (χ3v) is 1.80. The fourth-order valence-corrected chi connectivity index (χ4v) is 1.17. The summed E-state index contributed by atoms with van der Waals surface area (Å²) in [6.07, 6.45) is 3.17. The Morgan fingerprint density at radius 3 is 2.45 bits per heavy atom. The Kier molecular flexibility index (Phi) is 6.18. The average Bonchev–Trinajstić information content (AvgIpc) is 2.05. The van der Waals surface area contributed by atoms with Crippen molar-refractivity contribution in [3.05, 3.63) is 12.7 Å². The Hall–Kier alpha value is -0.340. The van der Waals surface area contributed by atoms with E-state index < -0.39 is 0 Å². The van der Waals surface area contributed by atoms with Crippen LogP contribution >= 0.6 is 0 Å². The van der Waals surface area contributed by atoms with E-state index in [0.29, 0.717) is 0 Å². The first kappa shape index (κ1) is 10.7. The standard InChI is InChI=1S/C9H19NO/c1-5-8(10-7-3)9(6-2)11-4/h5,8-10H,1,6-7H2,2-4H3. The maximum atomic E-state index is 5.27. The van der Waals surface area contributed by atoms with Gasteiger partial charge in [-0.3, -0.25) is 0 Å². The first-order valence-corrected chi connectivity index (χ1v) is 4.18. The fraction of sp³-hybridized carbons (Fsp3) is 0.778. The molecule has 0 spiro atoms. The quantitative estimate of drug-likeness (QED) is 0.591. The smallest absolute Gasteiger partial charge is 0.0757 e. The van der Waals surface area contributed by atoms with Crippen molar-refractivity contribution < 1.29 is 4.74 Å². The van der Waals surface area contributed by atoms with Gasteiger partial charge < -0.3 is 10.1 Å². The molecule has 0 fully saturated rings. The summed E-state index contributed by atoms with van der Waals surface area (Å²) in [5, 5.41) is 3.29. The lowest BCUT2D eigenvalue weighted by Crippen LogP contribution is -2.38. The summed E-state index contributed by atoms with van der Waals surface area (Å²) in [4.78, 5) is 0. The Balaban J connectivity index is 3.86. The van der Waals surface area contributed by atoms with E-state index in [2.05, 4.69) is 25.7 Å². The summed E-state index contributed by atoms with van der Waals surface area (Å²) in [7, 11) is 1.74. The molecule has 0 aliphatic carbocycles. The fourth-order valence-electron chi connectivity index (χ4n) is 1.17. The van der Waals surface area contributed by atoms with E-state index in [1.807, 2.05) is 6.08 Å². The van der Waals surface area contributed by atoms with Gasteiger partial charge in [-0.15, -0.1) is 6.58 Å². The molecule has 0 rings (SSSR count). The molecule has 2 atom stereocenters. The van der Waals surface area contributed by atoms with Crippen molar-refractivity contribution in [3.8, 4) is 0 Å². The van der Waals surface area contributed by atoms with Crippen molar-refractivity contribution in [3.63, 3.8) is 0 Å².